The molecule has 134 valence electrons. The molecule has 11 heteroatoms. The summed E-state index contributed by atoms with van der Waals surface area (Å²) in [6.07, 6.45) is -1.42. The first-order valence-electron chi connectivity index (χ1n) is 7.76. The van der Waals surface area contributed by atoms with E-state index in [0.29, 0.717) is 11.4 Å². The Bertz CT molecular complexity index is 1010. The summed E-state index contributed by atoms with van der Waals surface area (Å²) in [5.74, 6) is 0.0257. The number of nitrogens with one attached hydrogen (secondary N) is 1. The topological polar surface area (TPSA) is 98.0 Å². The molecule has 8 nitrogen and oxygen atoms in total. The van der Waals surface area contributed by atoms with Crippen LogP contribution >= 0.6 is 0 Å². The number of amides is 1. The van der Waals surface area contributed by atoms with Gasteiger partial charge in [0.15, 0.2) is 11.5 Å². The average Bonchev–Trinajstić information content (AvgIpc) is 3.16. The molecule has 0 saturated carbocycles. The summed E-state index contributed by atoms with van der Waals surface area (Å²) in [4.78, 5) is 28.4. The van der Waals surface area contributed by atoms with E-state index in [2.05, 4.69) is 30.4 Å². The van der Waals surface area contributed by atoms with Crippen LogP contribution in [0.1, 0.15) is 30.5 Å². The van der Waals surface area contributed by atoms with Gasteiger partial charge in [0.2, 0.25) is 5.91 Å². The van der Waals surface area contributed by atoms with Crippen molar-refractivity contribution >= 4 is 17.4 Å². The molecule has 1 amide bonds. The number of carbonyl (C=O) groups is 1. The summed E-state index contributed by atoms with van der Waals surface area (Å²) < 4.78 is 39.1. The van der Waals surface area contributed by atoms with Gasteiger partial charge in [-0.25, -0.2) is 24.5 Å². The summed E-state index contributed by atoms with van der Waals surface area (Å²) in [7, 11) is 0. The highest BCUT2D eigenvalue weighted by molar-refractivity contribution is 6.01. The molecular weight excluding hydrogens is 351 g/mol. The van der Waals surface area contributed by atoms with E-state index in [1.54, 1.807) is 6.92 Å². The van der Waals surface area contributed by atoms with Crippen LogP contribution in [0.3, 0.4) is 0 Å². The van der Waals surface area contributed by atoms with Gasteiger partial charge in [0.25, 0.3) is 0 Å². The first-order chi connectivity index (χ1) is 12.3. The Balaban J connectivity index is 1.76. The molecule has 3 aromatic heterocycles. The van der Waals surface area contributed by atoms with Crippen LogP contribution in [-0.4, -0.2) is 41.6 Å². The zero-order valence-corrected chi connectivity index (χ0v) is 13.4. The maximum atomic E-state index is 12.6. The van der Waals surface area contributed by atoms with Gasteiger partial charge in [0.05, 0.1) is 17.8 Å². The van der Waals surface area contributed by atoms with E-state index in [4.69, 9.17) is 0 Å². The Morgan fingerprint density at radius 2 is 2.08 bits per heavy atom. The Morgan fingerprint density at radius 1 is 1.27 bits per heavy atom. The number of alkyl halides is 3. The molecule has 1 aliphatic rings. The maximum Gasteiger partial charge on any atom is 0.389 e. The van der Waals surface area contributed by atoms with Gasteiger partial charge in [0.1, 0.15) is 17.8 Å². The van der Waals surface area contributed by atoms with Crippen molar-refractivity contribution in [2.24, 2.45) is 0 Å². The van der Waals surface area contributed by atoms with Crippen molar-refractivity contribution in [1.29, 1.82) is 0 Å². The second-order valence-electron chi connectivity index (χ2n) is 5.92. The molecule has 26 heavy (non-hydrogen) atoms. The Morgan fingerprint density at radius 3 is 2.85 bits per heavy atom. The molecule has 0 aromatic carbocycles. The smallest absolute Gasteiger partial charge is 0.310 e. The van der Waals surface area contributed by atoms with Crippen LogP contribution < -0.4 is 5.32 Å². The predicted molar refractivity (Wildman–Crippen MR) is 83.2 cm³/mol. The van der Waals surface area contributed by atoms with Crippen LogP contribution in [0.4, 0.5) is 19.0 Å². The van der Waals surface area contributed by atoms with Gasteiger partial charge in [-0.15, -0.1) is 0 Å². The minimum atomic E-state index is -4.31. The van der Waals surface area contributed by atoms with E-state index in [0.717, 1.165) is 0 Å². The fourth-order valence-corrected chi connectivity index (χ4v) is 2.72. The van der Waals surface area contributed by atoms with Gasteiger partial charge in [-0.3, -0.25) is 4.79 Å². The van der Waals surface area contributed by atoms with Gasteiger partial charge < -0.3 is 5.32 Å². The number of carbonyl (C=O) groups excluding carboxylic acids is 1. The molecule has 4 rings (SSSR count). The van der Waals surface area contributed by atoms with E-state index >= 15 is 0 Å². The van der Waals surface area contributed by atoms with Crippen molar-refractivity contribution in [2.45, 2.75) is 31.9 Å². The molecule has 0 unspecified atom stereocenters. The quantitative estimate of drug-likeness (QED) is 0.766. The minimum absolute atomic E-state index is 0.152. The third-order valence-electron chi connectivity index (χ3n) is 4.12. The SMILES string of the molecule is C[C@H]1C(=O)Nc2nc(-c3cn4ncnc4c(CCC(F)(F)F)n3)ncc21. The van der Waals surface area contributed by atoms with E-state index in [-0.39, 0.29) is 41.1 Å². The summed E-state index contributed by atoms with van der Waals surface area (Å²) in [5.41, 5.74) is 1.31. The Kier molecular flexibility index (Phi) is 3.60. The third kappa shape index (κ3) is 2.85. The van der Waals surface area contributed by atoms with E-state index in [9.17, 15) is 18.0 Å². The van der Waals surface area contributed by atoms with Gasteiger partial charge in [-0.2, -0.15) is 18.3 Å². The lowest BCUT2D eigenvalue weighted by Gasteiger charge is -2.09. The summed E-state index contributed by atoms with van der Waals surface area (Å²) in [5, 5.41) is 6.61. The van der Waals surface area contributed by atoms with Gasteiger partial charge in [0, 0.05) is 24.6 Å². The number of aryl methyl sites for hydroxylation is 1. The molecule has 0 spiro atoms. The van der Waals surface area contributed by atoms with Gasteiger partial charge in [-0.05, 0) is 6.92 Å². The van der Waals surface area contributed by atoms with Gasteiger partial charge >= 0.3 is 6.18 Å². The number of hydrogen-bond acceptors (Lipinski definition) is 6. The van der Waals surface area contributed by atoms with Crippen LogP contribution in [0.2, 0.25) is 0 Å². The highest BCUT2D eigenvalue weighted by atomic mass is 19.4. The molecule has 0 fully saturated rings. The fraction of sp³-hybridized carbons (Fsp3) is 0.333. The van der Waals surface area contributed by atoms with E-state index in [1.165, 1.54) is 23.2 Å². The number of fused-ring (bicyclic) bond motifs is 2. The standard InChI is InChI=1S/C15H12F3N7O/c1-7-8-4-19-12(23-11(8)24-14(7)26)10-5-25-13(20-6-21-25)9(22-10)2-3-15(16,17)18/h4-7H,2-3H2,1H3,(H,19,23,24,26)/t7-/m1/s1. The van der Waals surface area contributed by atoms with Crippen molar-refractivity contribution in [3.05, 3.63) is 30.0 Å². The zero-order valence-electron chi connectivity index (χ0n) is 13.4. The maximum absolute atomic E-state index is 12.6. The number of anilines is 1. The second-order valence-corrected chi connectivity index (χ2v) is 5.92. The van der Waals surface area contributed by atoms with Crippen LogP contribution in [0.5, 0.6) is 0 Å². The predicted octanol–water partition coefficient (Wildman–Crippen LogP) is 2.13. The molecule has 0 bridgehead atoms. The largest absolute Gasteiger partial charge is 0.389 e. The van der Waals surface area contributed by atoms with E-state index < -0.39 is 12.6 Å². The third-order valence-corrected chi connectivity index (χ3v) is 4.12. The molecule has 0 radical (unpaired) electrons. The van der Waals surface area contributed by atoms with Crippen LogP contribution in [0, 0.1) is 0 Å². The second kappa shape index (κ2) is 5.71. The van der Waals surface area contributed by atoms with Crippen molar-refractivity contribution in [2.75, 3.05) is 5.32 Å². The van der Waals surface area contributed by atoms with Gasteiger partial charge in [-0.1, -0.05) is 0 Å². The normalized spacial score (nSPS) is 16.8. The number of rotatable bonds is 3. The van der Waals surface area contributed by atoms with Crippen molar-refractivity contribution < 1.29 is 18.0 Å². The lowest BCUT2D eigenvalue weighted by atomic mass is 10.1. The zero-order chi connectivity index (χ0) is 18.5. The van der Waals surface area contributed by atoms with Crippen molar-refractivity contribution in [3.8, 4) is 11.5 Å². The molecule has 0 saturated heterocycles. The number of halogens is 3. The first-order valence-corrected chi connectivity index (χ1v) is 7.76. The van der Waals surface area contributed by atoms with Crippen LogP contribution in [0.25, 0.3) is 17.2 Å². The molecule has 0 aliphatic carbocycles. The Labute approximate surface area is 144 Å². The van der Waals surface area contributed by atoms with E-state index in [1.807, 2.05) is 0 Å². The number of nitrogens with zero attached hydrogens (tertiary/aromatic N) is 6. The van der Waals surface area contributed by atoms with Crippen molar-refractivity contribution in [3.63, 3.8) is 0 Å². The number of hydrogen-bond donors (Lipinski definition) is 1. The summed E-state index contributed by atoms with van der Waals surface area (Å²) in [6, 6.07) is 0. The van der Waals surface area contributed by atoms with Crippen LogP contribution in [0.15, 0.2) is 18.7 Å². The first kappa shape index (κ1) is 16.4. The summed E-state index contributed by atoms with van der Waals surface area (Å²) >= 11 is 0. The molecule has 4 heterocycles. The molecule has 1 atom stereocenters. The average molecular weight is 363 g/mol. The molecule has 1 N–H and O–H groups in total. The molecular formula is C15H12F3N7O. The summed E-state index contributed by atoms with van der Waals surface area (Å²) in [6.45, 7) is 1.74. The Hall–Kier alpha value is -3.11. The van der Waals surface area contributed by atoms with Crippen LogP contribution in [-0.2, 0) is 11.2 Å². The fourth-order valence-electron chi connectivity index (χ4n) is 2.72. The monoisotopic (exact) mass is 363 g/mol. The lowest BCUT2D eigenvalue weighted by molar-refractivity contribution is -0.134. The van der Waals surface area contributed by atoms with Crippen molar-refractivity contribution in [1.82, 2.24) is 29.5 Å². The lowest BCUT2D eigenvalue weighted by Crippen LogP contribution is -2.11. The highest BCUT2D eigenvalue weighted by Crippen LogP contribution is 2.31. The molecule has 1 aliphatic heterocycles. The molecule has 3 aromatic rings. The number of aromatic nitrogens is 6. The minimum Gasteiger partial charge on any atom is -0.310 e. The highest BCUT2D eigenvalue weighted by Gasteiger charge is 2.30.